The summed E-state index contributed by atoms with van der Waals surface area (Å²) in [5, 5.41) is 5.36. The van der Waals surface area contributed by atoms with Gasteiger partial charge >= 0.3 is 5.97 Å². The Hall–Kier alpha value is -3.87. The fraction of sp³-hybridized carbons (Fsp3) is 0.240. The van der Waals surface area contributed by atoms with Crippen LogP contribution in [0.4, 0.5) is 11.4 Å². The second-order valence-electron chi connectivity index (χ2n) is 7.75. The minimum atomic E-state index is -0.987. The molecule has 3 rings (SSSR count). The maximum Gasteiger partial charge on any atom is 0.340 e. The first-order chi connectivity index (χ1) is 15.2. The Bertz CT molecular complexity index is 1160. The van der Waals surface area contributed by atoms with E-state index in [2.05, 4.69) is 10.6 Å². The zero-order chi connectivity index (χ0) is 23.4. The fourth-order valence-corrected chi connectivity index (χ4v) is 3.50. The zero-order valence-corrected chi connectivity index (χ0v) is 18.9. The van der Waals surface area contributed by atoms with Gasteiger partial charge in [-0.15, -0.1) is 0 Å². The lowest BCUT2D eigenvalue weighted by molar-refractivity contribution is -0.123. The highest BCUT2D eigenvalue weighted by Gasteiger charge is 2.23. The third-order valence-electron chi connectivity index (χ3n) is 5.04. The number of anilines is 2. The van der Waals surface area contributed by atoms with E-state index in [4.69, 9.17) is 4.74 Å². The summed E-state index contributed by atoms with van der Waals surface area (Å²) in [4.78, 5) is 36.4. The molecule has 0 saturated carbocycles. The average Bonchev–Trinajstić information content (AvgIpc) is 3.03. The van der Waals surface area contributed by atoms with Crippen LogP contribution in [0.5, 0.6) is 0 Å². The molecule has 2 amide bonds. The molecule has 166 valence electrons. The molecular weight excluding hydrogens is 406 g/mol. The summed E-state index contributed by atoms with van der Waals surface area (Å²) < 4.78 is 7.43. The molecule has 2 N–H and O–H groups in total. The van der Waals surface area contributed by atoms with Gasteiger partial charge in [0, 0.05) is 35.4 Å². The summed E-state index contributed by atoms with van der Waals surface area (Å²) in [6.07, 6.45) is -0.987. The molecule has 7 heteroatoms. The van der Waals surface area contributed by atoms with E-state index in [1.807, 2.05) is 49.6 Å². The molecule has 0 spiro atoms. The number of aryl methyl sites for hydroxylation is 2. The molecule has 1 atom stereocenters. The van der Waals surface area contributed by atoms with E-state index in [-0.39, 0.29) is 5.91 Å². The van der Waals surface area contributed by atoms with Crippen LogP contribution < -0.4 is 10.6 Å². The van der Waals surface area contributed by atoms with E-state index >= 15 is 0 Å². The Morgan fingerprint density at radius 3 is 2.12 bits per heavy atom. The van der Waals surface area contributed by atoms with E-state index in [9.17, 15) is 14.4 Å². The van der Waals surface area contributed by atoms with Crippen molar-refractivity contribution in [3.8, 4) is 5.69 Å². The van der Waals surface area contributed by atoms with Crippen LogP contribution in [0.25, 0.3) is 5.69 Å². The Morgan fingerprint density at radius 2 is 1.53 bits per heavy atom. The predicted molar refractivity (Wildman–Crippen MR) is 124 cm³/mol. The van der Waals surface area contributed by atoms with Gasteiger partial charge in [-0.1, -0.05) is 12.1 Å². The first kappa shape index (κ1) is 22.8. The van der Waals surface area contributed by atoms with Crippen LogP contribution in [0.15, 0.2) is 54.6 Å². The predicted octanol–water partition coefficient (Wildman–Crippen LogP) is 4.54. The van der Waals surface area contributed by atoms with E-state index in [0.717, 1.165) is 22.6 Å². The summed E-state index contributed by atoms with van der Waals surface area (Å²) in [5.41, 5.74) is 5.31. The smallest absolute Gasteiger partial charge is 0.340 e. The molecule has 1 heterocycles. The van der Waals surface area contributed by atoms with Gasteiger partial charge in [0.2, 0.25) is 5.91 Å². The van der Waals surface area contributed by atoms with Crippen LogP contribution in [-0.2, 0) is 14.3 Å². The number of benzene rings is 2. The molecule has 2 aromatic carbocycles. The van der Waals surface area contributed by atoms with Gasteiger partial charge in [-0.2, -0.15) is 0 Å². The lowest BCUT2D eigenvalue weighted by Crippen LogP contribution is -2.30. The maximum absolute atomic E-state index is 12.8. The van der Waals surface area contributed by atoms with Gasteiger partial charge in [0.05, 0.1) is 5.56 Å². The standard InChI is InChI=1S/C25H27N3O4/c1-15-7-6-8-22(13-15)28-16(2)14-23(17(28)3)25(31)32-18(4)24(30)27-21-11-9-20(10-12-21)26-19(5)29/h6-14,18H,1-5H3,(H,26,29)(H,27,30). The van der Waals surface area contributed by atoms with Gasteiger partial charge in [0.25, 0.3) is 5.91 Å². The van der Waals surface area contributed by atoms with Crippen molar-refractivity contribution in [1.29, 1.82) is 0 Å². The van der Waals surface area contributed by atoms with Crippen LogP contribution in [0.1, 0.15) is 41.2 Å². The highest BCUT2D eigenvalue weighted by Crippen LogP contribution is 2.23. The SMILES string of the molecule is CC(=O)Nc1ccc(NC(=O)C(C)OC(=O)c2cc(C)n(-c3cccc(C)c3)c2C)cc1. The minimum Gasteiger partial charge on any atom is -0.449 e. The largest absolute Gasteiger partial charge is 0.449 e. The van der Waals surface area contributed by atoms with Crippen molar-refractivity contribution in [2.75, 3.05) is 10.6 Å². The fourth-order valence-electron chi connectivity index (χ4n) is 3.50. The monoisotopic (exact) mass is 433 g/mol. The van der Waals surface area contributed by atoms with E-state index in [0.29, 0.717) is 16.9 Å². The number of ether oxygens (including phenoxy) is 1. The number of carbonyl (C=O) groups excluding carboxylic acids is 3. The number of aromatic nitrogens is 1. The number of hydrogen-bond donors (Lipinski definition) is 2. The third-order valence-corrected chi connectivity index (χ3v) is 5.04. The first-order valence-corrected chi connectivity index (χ1v) is 10.3. The van der Waals surface area contributed by atoms with Gasteiger partial charge in [-0.25, -0.2) is 4.79 Å². The summed E-state index contributed by atoms with van der Waals surface area (Å²) in [6, 6.07) is 16.4. The Kier molecular flexibility index (Phi) is 6.78. The lowest BCUT2D eigenvalue weighted by Gasteiger charge is -2.14. The number of nitrogens with one attached hydrogen (secondary N) is 2. The van der Waals surface area contributed by atoms with Crippen molar-refractivity contribution >= 4 is 29.2 Å². The number of amides is 2. The van der Waals surface area contributed by atoms with Gasteiger partial charge in [-0.3, -0.25) is 9.59 Å². The molecule has 32 heavy (non-hydrogen) atoms. The quantitative estimate of drug-likeness (QED) is 0.559. The second-order valence-corrected chi connectivity index (χ2v) is 7.75. The Balaban J connectivity index is 1.68. The molecule has 0 saturated heterocycles. The van der Waals surface area contributed by atoms with Crippen LogP contribution >= 0.6 is 0 Å². The molecule has 0 aliphatic carbocycles. The van der Waals surface area contributed by atoms with Crippen molar-refractivity contribution in [3.63, 3.8) is 0 Å². The molecule has 3 aromatic rings. The summed E-state index contributed by atoms with van der Waals surface area (Å²) in [7, 11) is 0. The summed E-state index contributed by atoms with van der Waals surface area (Å²) >= 11 is 0. The number of carbonyl (C=O) groups is 3. The summed E-state index contributed by atoms with van der Waals surface area (Å²) in [5.74, 6) is -1.18. The lowest BCUT2D eigenvalue weighted by atomic mass is 10.2. The van der Waals surface area contributed by atoms with E-state index in [1.54, 1.807) is 30.3 Å². The topological polar surface area (TPSA) is 89.4 Å². The third kappa shape index (κ3) is 5.24. The highest BCUT2D eigenvalue weighted by atomic mass is 16.5. The highest BCUT2D eigenvalue weighted by molar-refractivity contribution is 5.98. The average molecular weight is 434 g/mol. The number of esters is 1. The second kappa shape index (κ2) is 9.51. The van der Waals surface area contributed by atoms with Crippen molar-refractivity contribution < 1.29 is 19.1 Å². The molecule has 1 aromatic heterocycles. The van der Waals surface area contributed by atoms with Crippen molar-refractivity contribution in [1.82, 2.24) is 4.57 Å². The van der Waals surface area contributed by atoms with Crippen molar-refractivity contribution in [2.45, 2.75) is 40.7 Å². The Morgan fingerprint density at radius 1 is 0.906 bits per heavy atom. The molecule has 0 bridgehead atoms. The molecule has 0 fully saturated rings. The number of nitrogens with zero attached hydrogens (tertiary/aromatic N) is 1. The van der Waals surface area contributed by atoms with Crippen LogP contribution in [0, 0.1) is 20.8 Å². The van der Waals surface area contributed by atoms with Crippen molar-refractivity contribution in [2.24, 2.45) is 0 Å². The van der Waals surface area contributed by atoms with Gasteiger partial charge in [0.15, 0.2) is 6.10 Å². The molecular formula is C25H27N3O4. The number of rotatable bonds is 6. The first-order valence-electron chi connectivity index (χ1n) is 10.3. The van der Waals surface area contributed by atoms with Crippen LogP contribution in [-0.4, -0.2) is 28.5 Å². The van der Waals surface area contributed by atoms with E-state index in [1.165, 1.54) is 13.8 Å². The van der Waals surface area contributed by atoms with Crippen molar-refractivity contribution in [3.05, 3.63) is 77.1 Å². The van der Waals surface area contributed by atoms with Gasteiger partial charge < -0.3 is 19.9 Å². The summed E-state index contributed by atoms with van der Waals surface area (Å²) in [6.45, 7) is 8.74. The van der Waals surface area contributed by atoms with Crippen LogP contribution in [0.3, 0.4) is 0 Å². The molecule has 0 aliphatic heterocycles. The zero-order valence-electron chi connectivity index (χ0n) is 18.9. The number of hydrogen-bond acceptors (Lipinski definition) is 4. The molecule has 0 aliphatic rings. The van der Waals surface area contributed by atoms with Crippen LogP contribution in [0.2, 0.25) is 0 Å². The maximum atomic E-state index is 12.8. The van der Waals surface area contributed by atoms with Gasteiger partial charge in [0.1, 0.15) is 0 Å². The van der Waals surface area contributed by atoms with E-state index < -0.39 is 18.0 Å². The van der Waals surface area contributed by atoms with Gasteiger partial charge in [-0.05, 0) is 75.7 Å². The normalized spacial score (nSPS) is 11.5. The minimum absolute atomic E-state index is 0.177. The molecule has 7 nitrogen and oxygen atoms in total. The Labute approximate surface area is 187 Å². The molecule has 1 unspecified atom stereocenters. The molecule has 0 radical (unpaired) electrons.